The molecule has 4 heteroatoms. The second kappa shape index (κ2) is 5.93. The molecule has 4 heterocycles. The van der Waals surface area contributed by atoms with E-state index >= 15 is 0 Å². The summed E-state index contributed by atoms with van der Waals surface area (Å²) in [5, 5.41) is 2.16. The predicted molar refractivity (Wildman–Crippen MR) is 92.4 cm³/mol. The molecular weight excluding hydrogens is 284 g/mol. The number of nitrogens with one attached hydrogen (secondary N) is 4. The quantitative estimate of drug-likeness (QED) is 0.447. The number of aromatic nitrogens is 4. The van der Waals surface area contributed by atoms with Crippen LogP contribution in [-0.2, 0) is 6.42 Å². The average molecular weight is 302 g/mol. The summed E-state index contributed by atoms with van der Waals surface area (Å²) in [6.07, 6.45) is 8.96. The van der Waals surface area contributed by atoms with Crippen molar-refractivity contribution in [2.45, 2.75) is 6.42 Å². The first-order valence-corrected chi connectivity index (χ1v) is 7.67. The minimum Gasteiger partial charge on any atom is -0.365 e. The molecule has 4 N–H and O–H groups in total. The fourth-order valence-electron chi connectivity index (χ4n) is 2.70. The monoisotopic (exact) mass is 302 g/mol. The second-order valence-corrected chi connectivity index (χ2v) is 5.59. The van der Waals surface area contributed by atoms with Gasteiger partial charge in [-0.3, -0.25) is 0 Å². The van der Waals surface area contributed by atoms with Gasteiger partial charge in [-0.1, -0.05) is 0 Å². The van der Waals surface area contributed by atoms with Crippen LogP contribution in [-0.4, -0.2) is 19.9 Å². The van der Waals surface area contributed by atoms with Gasteiger partial charge in [-0.15, -0.1) is 0 Å². The lowest BCUT2D eigenvalue weighted by atomic mass is 10.2. The van der Waals surface area contributed by atoms with E-state index in [9.17, 15) is 0 Å². The van der Waals surface area contributed by atoms with E-state index in [0.29, 0.717) is 0 Å². The van der Waals surface area contributed by atoms with Crippen molar-refractivity contribution in [1.29, 1.82) is 0 Å². The van der Waals surface area contributed by atoms with Crippen LogP contribution in [0.1, 0.15) is 22.8 Å². The van der Waals surface area contributed by atoms with Crippen LogP contribution >= 0.6 is 0 Å². The number of H-pyrrole nitrogens is 4. The maximum absolute atomic E-state index is 3.44. The first kappa shape index (κ1) is 13.5. The topological polar surface area (TPSA) is 63.2 Å². The maximum Gasteiger partial charge on any atom is 0.0405 e. The van der Waals surface area contributed by atoms with Crippen LogP contribution in [0, 0.1) is 0 Å². The van der Waals surface area contributed by atoms with Gasteiger partial charge in [0.25, 0.3) is 0 Å². The molecule has 0 radical (unpaired) electrons. The number of hydrogen-bond acceptors (Lipinski definition) is 0. The Kier molecular flexibility index (Phi) is 3.48. The standard InChI is InChI=1S/C19H18N4/c1-3-14(20-9-1)11-16-5-7-18(22-16)13-19-8-6-17(23-19)12-15-4-2-10-21-15/h1-11,13,20-23H,12H2. The lowest BCUT2D eigenvalue weighted by Crippen LogP contribution is -2.09. The third kappa shape index (κ3) is 3.21. The molecule has 4 aromatic heterocycles. The molecule has 0 aliphatic heterocycles. The molecule has 0 atom stereocenters. The third-order valence-corrected chi connectivity index (χ3v) is 3.79. The maximum atomic E-state index is 3.44. The van der Waals surface area contributed by atoms with Crippen LogP contribution in [0.4, 0.5) is 0 Å². The molecule has 0 saturated carbocycles. The molecule has 0 aliphatic rings. The van der Waals surface area contributed by atoms with Crippen molar-refractivity contribution in [2.24, 2.45) is 0 Å². The summed E-state index contributed by atoms with van der Waals surface area (Å²) in [6, 6.07) is 16.5. The van der Waals surface area contributed by atoms with Gasteiger partial charge in [0.2, 0.25) is 0 Å². The lowest BCUT2D eigenvalue weighted by Gasteiger charge is -1.94. The van der Waals surface area contributed by atoms with E-state index in [-0.39, 0.29) is 0 Å². The predicted octanol–water partition coefficient (Wildman–Crippen LogP) is 2.25. The summed E-state index contributed by atoms with van der Waals surface area (Å²) >= 11 is 0. The van der Waals surface area contributed by atoms with Crippen molar-refractivity contribution in [3.05, 3.63) is 94.4 Å². The molecule has 0 saturated heterocycles. The largest absolute Gasteiger partial charge is 0.365 e. The van der Waals surface area contributed by atoms with Gasteiger partial charge in [-0.05, 0) is 60.7 Å². The number of aromatic amines is 4. The molecule has 0 spiro atoms. The van der Waals surface area contributed by atoms with Crippen molar-refractivity contribution in [3.63, 3.8) is 0 Å². The van der Waals surface area contributed by atoms with Gasteiger partial charge in [0.15, 0.2) is 0 Å². The van der Waals surface area contributed by atoms with Crippen LogP contribution in [0.2, 0.25) is 0 Å². The Morgan fingerprint density at radius 3 is 2.17 bits per heavy atom. The zero-order valence-electron chi connectivity index (χ0n) is 12.6. The molecule has 0 bridgehead atoms. The molecule has 114 valence electrons. The molecule has 0 amide bonds. The van der Waals surface area contributed by atoms with Crippen LogP contribution in [0.25, 0.3) is 12.2 Å². The third-order valence-electron chi connectivity index (χ3n) is 3.79. The number of rotatable bonds is 4. The minimum absolute atomic E-state index is 0.886. The van der Waals surface area contributed by atoms with Gasteiger partial charge in [0.1, 0.15) is 0 Å². The zero-order chi connectivity index (χ0) is 15.5. The summed E-state index contributed by atoms with van der Waals surface area (Å²) in [7, 11) is 0. The molecule has 0 aliphatic carbocycles. The molecule has 0 fully saturated rings. The van der Waals surface area contributed by atoms with E-state index in [0.717, 1.165) is 28.5 Å². The van der Waals surface area contributed by atoms with E-state index in [1.807, 2.05) is 30.6 Å². The normalized spacial score (nSPS) is 13.0. The highest BCUT2D eigenvalue weighted by Crippen LogP contribution is 2.08. The Balaban J connectivity index is 1.56. The molecular formula is C19H18N4. The first-order valence-electron chi connectivity index (χ1n) is 7.67. The first-order chi connectivity index (χ1) is 11.3. The van der Waals surface area contributed by atoms with Gasteiger partial charge in [-0.25, -0.2) is 0 Å². The second-order valence-electron chi connectivity index (χ2n) is 5.59. The van der Waals surface area contributed by atoms with E-state index in [2.05, 4.69) is 62.4 Å². The summed E-state index contributed by atoms with van der Waals surface area (Å²) in [5.41, 5.74) is 4.59. The number of hydrogen-bond donors (Lipinski definition) is 4. The smallest absolute Gasteiger partial charge is 0.0405 e. The van der Waals surface area contributed by atoms with Gasteiger partial charge in [0, 0.05) is 52.3 Å². The summed E-state index contributed by atoms with van der Waals surface area (Å²) in [4.78, 5) is 13.2. The van der Waals surface area contributed by atoms with Gasteiger partial charge in [-0.2, -0.15) is 0 Å². The SMILES string of the molecule is C(c1ccc[nH]1)=c1ccc(=Cc2ccc(Cc3ccc[nH]3)[nH]2)[nH]1. The van der Waals surface area contributed by atoms with Crippen LogP contribution in [0.15, 0.2) is 60.9 Å². The molecule has 4 nitrogen and oxygen atoms in total. The van der Waals surface area contributed by atoms with E-state index in [1.54, 1.807) is 0 Å². The van der Waals surface area contributed by atoms with Gasteiger partial charge in [0.05, 0.1) is 0 Å². The van der Waals surface area contributed by atoms with E-state index < -0.39 is 0 Å². The van der Waals surface area contributed by atoms with Crippen molar-refractivity contribution >= 4 is 12.2 Å². The van der Waals surface area contributed by atoms with Crippen LogP contribution in [0.3, 0.4) is 0 Å². The summed E-state index contributed by atoms with van der Waals surface area (Å²) in [6.45, 7) is 0. The van der Waals surface area contributed by atoms with Crippen molar-refractivity contribution in [3.8, 4) is 0 Å². The molecule has 23 heavy (non-hydrogen) atoms. The summed E-state index contributed by atoms with van der Waals surface area (Å²) < 4.78 is 0. The Morgan fingerprint density at radius 2 is 1.43 bits per heavy atom. The highest BCUT2D eigenvalue weighted by molar-refractivity contribution is 5.47. The van der Waals surface area contributed by atoms with Crippen molar-refractivity contribution in [2.75, 3.05) is 0 Å². The molecule has 4 rings (SSSR count). The summed E-state index contributed by atoms with van der Waals surface area (Å²) in [5.74, 6) is 0. The average Bonchev–Trinajstić information content (AvgIpc) is 3.31. The Morgan fingerprint density at radius 1 is 0.652 bits per heavy atom. The van der Waals surface area contributed by atoms with E-state index in [4.69, 9.17) is 0 Å². The molecule has 0 unspecified atom stereocenters. The minimum atomic E-state index is 0.886. The fraction of sp³-hybridized carbons (Fsp3) is 0.0526. The highest BCUT2D eigenvalue weighted by Gasteiger charge is 1.99. The lowest BCUT2D eigenvalue weighted by molar-refractivity contribution is 1.05. The Labute approximate surface area is 133 Å². The Bertz CT molecular complexity index is 982. The zero-order valence-corrected chi connectivity index (χ0v) is 12.6. The van der Waals surface area contributed by atoms with Crippen molar-refractivity contribution in [1.82, 2.24) is 19.9 Å². The van der Waals surface area contributed by atoms with Gasteiger partial charge < -0.3 is 19.9 Å². The molecule has 4 aromatic rings. The van der Waals surface area contributed by atoms with Crippen LogP contribution in [0.5, 0.6) is 0 Å². The molecule has 0 aromatic carbocycles. The van der Waals surface area contributed by atoms with E-state index in [1.165, 1.54) is 11.4 Å². The fourth-order valence-corrected chi connectivity index (χ4v) is 2.70. The highest BCUT2D eigenvalue weighted by atomic mass is 14.7. The Hall–Kier alpha value is -3.14. The van der Waals surface area contributed by atoms with Crippen molar-refractivity contribution < 1.29 is 0 Å². The van der Waals surface area contributed by atoms with Crippen LogP contribution < -0.4 is 10.7 Å². The van der Waals surface area contributed by atoms with Gasteiger partial charge >= 0.3 is 0 Å².